The van der Waals surface area contributed by atoms with Crippen molar-refractivity contribution in [2.45, 2.75) is 32.9 Å². The average molecular weight is 299 g/mol. The lowest BCUT2D eigenvalue weighted by atomic mass is 10.2. The molecule has 114 valence electrons. The highest BCUT2D eigenvalue weighted by atomic mass is 19.4. The molecular formula is C13H16F3N5. The number of aryl methyl sites for hydroxylation is 1. The third kappa shape index (κ3) is 3.14. The Morgan fingerprint density at radius 2 is 2.00 bits per heavy atom. The van der Waals surface area contributed by atoms with Crippen molar-refractivity contribution in [3.8, 4) is 5.82 Å². The van der Waals surface area contributed by atoms with Gasteiger partial charge in [-0.15, -0.1) is 0 Å². The quantitative estimate of drug-likeness (QED) is 0.943. The van der Waals surface area contributed by atoms with Crippen LogP contribution >= 0.6 is 0 Å². The smallest absolute Gasteiger partial charge is 0.373 e. The number of aromatic nitrogens is 4. The van der Waals surface area contributed by atoms with Crippen LogP contribution < -0.4 is 5.32 Å². The standard InChI is InChI=1S/C13H16F3N5/c1-4-5-10-18-11(17-3)8(2)12(19-10)21-7-6-9(20-21)13(14,15)16/h6-7H,4-5H2,1-3H3,(H,17,18,19). The van der Waals surface area contributed by atoms with Crippen LogP contribution in [0.15, 0.2) is 12.3 Å². The molecule has 0 spiro atoms. The lowest BCUT2D eigenvalue weighted by Crippen LogP contribution is -2.12. The van der Waals surface area contributed by atoms with Crippen molar-refractivity contribution in [3.05, 3.63) is 29.3 Å². The van der Waals surface area contributed by atoms with Gasteiger partial charge in [0.15, 0.2) is 11.5 Å². The molecule has 0 fully saturated rings. The van der Waals surface area contributed by atoms with E-state index in [1.807, 2.05) is 6.92 Å². The summed E-state index contributed by atoms with van der Waals surface area (Å²) in [7, 11) is 1.71. The molecule has 0 aliphatic rings. The van der Waals surface area contributed by atoms with Gasteiger partial charge in [0.05, 0.1) is 0 Å². The molecule has 2 rings (SSSR count). The number of hydrogen-bond donors (Lipinski definition) is 1. The highest BCUT2D eigenvalue weighted by molar-refractivity contribution is 5.51. The summed E-state index contributed by atoms with van der Waals surface area (Å²) in [6.45, 7) is 3.73. The van der Waals surface area contributed by atoms with Gasteiger partial charge in [-0.25, -0.2) is 14.6 Å². The normalized spacial score (nSPS) is 11.7. The second-order valence-electron chi connectivity index (χ2n) is 4.58. The van der Waals surface area contributed by atoms with Crippen LogP contribution in [-0.2, 0) is 12.6 Å². The molecular weight excluding hydrogens is 283 g/mol. The van der Waals surface area contributed by atoms with E-state index in [1.54, 1.807) is 14.0 Å². The molecule has 0 radical (unpaired) electrons. The minimum absolute atomic E-state index is 0.355. The van der Waals surface area contributed by atoms with E-state index in [0.29, 0.717) is 29.4 Å². The summed E-state index contributed by atoms with van der Waals surface area (Å²) in [5, 5.41) is 6.49. The van der Waals surface area contributed by atoms with Crippen molar-refractivity contribution < 1.29 is 13.2 Å². The van der Waals surface area contributed by atoms with Crippen LogP contribution in [0, 0.1) is 6.92 Å². The van der Waals surface area contributed by atoms with Gasteiger partial charge in [0, 0.05) is 25.2 Å². The molecule has 2 heterocycles. The molecule has 0 aliphatic carbocycles. The molecule has 1 N–H and O–H groups in total. The SMILES string of the molecule is CCCc1nc(NC)c(C)c(-n2ccc(C(F)(F)F)n2)n1. The van der Waals surface area contributed by atoms with Crippen molar-refractivity contribution in [2.75, 3.05) is 12.4 Å². The van der Waals surface area contributed by atoms with Crippen LogP contribution in [-0.4, -0.2) is 26.8 Å². The third-order valence-electron chi connectivity index (χ3n) is 2.97. The number of anilines is 1. The number of hydrogen-bond acceptors (Lipinski definition) is 4. The number of nitrogens with one attached hydrogen (secondary N) is 1. The Bertz CT molecular complexity index is 633. The summed E-state index contributed by atoms with van der Waals surface area (Å²) in [6.07, 6.45) is -1.72. The Kier molecular flexibility index (Phi) is 4.15. The highest BCUT2D eigenvalue weighted by Crippen LogP contribution is 2.28. The van der Waals surface area contributed by atoms with E-state index in [1.165, 1.54) is 6.20 Å². The monoisotopic (exact) mass is 299 g/mol. The zero-order valence-corrected chi connectivity index (χ0v) is 12.0. The summed E-state index contributed by atoms with van der Waals surface area (Å²) in [5.74, 6) is 1.52. The largest absolute Gasteiger partial charge is 0.435 e. The maximum atomic E-state index is 12.6. The predicted octanol–water partition coefficient (Wildman–Crippen LogP) is 2.98. The molecule has 0 unspecified atom stereocenters. The van der Waals surface area contributed by atoms with Gasteiger partial charge in [-0.1, -0.05) is 6.92 Å². The van der Waals surface area contributed by atoms with Crippen molar-refractivity contribution in [1.29, 1.82) is 0 Å². The molecule has 0 atom stereocenters. The van der Waals surface area contributed by atoms with Crippen molar-refractivity contribution in [3.63, 3.8) is 0 Å². The Morgan fingerprint density at radius 3 is 2.52 bits per heavy atom. The number of rotatable bonds is 4. The molecule has 8 heteroatoms. The molecule has 0 bridgehead atoms. The average Bonchev–Trinajstić information content (AvgIpc) is 2.90. The summed E-state index contributed by atoms with van der Waals surface area (Å²) in [5.41, 5.74) is -0.294. The Morgan fingerprint density at radius 1 is 1.29 bits per heavy atom. The molecule has 2 aromatic rings. The van der Waals surface area contributed by atoms with Crippen molar-refractivity contribution in [1.82, 2.24) is 19.7 Å². The third-order valence-corrected chi connectivity index (χ3v) is 2.97. The molecule has 5 nitrogen and oxygen atoms in total. The Labute approximate surface area is 120 Å². The number of nitrogens with zero attached hydrogens (tertiary/aromatic N) is 4. The molecule has 0 amide bonds. The lowest BCUT2D eigenvalue weighted by molar-refractivity contribution is -0.141. The van der Waals surface area contributed by atoms with E-state index in [9.17, 15) is 13.2 Å². The van der Waals surface area contributed by atoms with Gasteiger partial charge < -0.3 is 5.32 Å². The van der Waals surface area contributed by atoms with Gasteiger partial charge in [0.2, 0.25) is 0 Å². The highest BCUT2D eigenvalue weighted by Gasteiger charge is 2.34. The molecule has 2 aromatic heterocycles. The zero-order chi connectivity index (χ0) is 15.6. The second-order valence-corrected chi connectivity index (χ2v) is 4.58. The topological polar surface area (TPSA) is 55.6 Å². The zero-order valence-electron chi connectivity index (χ0n) is 12.0. The summed E-state index contributed by atoms with van der Waals surface area (Å²) in [4.78, 5) is 8.65. The van der Waals surface area contributed by atoms with Gasteiger partial charge >= 0.3 is 6.18 Å². The lowest BCUT2D eigenvalue weighted by Gasteiger charge is -2.12. The molecule has 0 saturated carbocycles. The van der Waals surface area contributed by atoms with Gasteiger partial charge in [0.25, 0.3) is 0 Å². The van der Waals surface area contributed by atoms with Gasteiger partial charge in [0.1, 0.15) is 11.6 Å². The van der Waals surface area contributed by atoms with E-state index in [4.69, 9.17) is 0 Å². The first-order valence-electron chi connectivity index (χ1n) is 6.55. The molecule has 0 saturated heterocycles. The van der Waals surface area contributed by atoms with E-state index in [2.05, 4.69) is 20.4 Å². The van der Waals surface area contributed by atoms with Crippen LogP contribution in [0.4, 0.5) is 19.0 Å². The van der Waals surface area contributed by atoms with Crippen LogP contribution in [0.3, 0.4) is 0 Å². The van der Waals surface area contributed by atoms with E-state index < -0.39 is 11.9 Å². The summed E-state index contributed by atoms with van der Waals surface area (Å²) >= 11 is 0. The maximum Gasteiger partial charge on any atom is 0.435 e. The fraction of sp³-hybridized carbons (Fsp3) is 0.462. The fourth-order valence-electron chi connectivity index (χ4n) is 1.94. The van der Waals surface area contributed by atoms with Crippen LogP contribution in [0.2, 0.25) is 0 Å². The first-order chi connectivity index (χ1) is 9.86. The number of alkyl halides is 3. The summed E-state index contributed by atoms with van der Waals surface area (Å²) in [6, 6.07) is 0.931. The van der Waals surface area contributed by atoms with Gasteiger partial charge in [-0.3, -0.25) is 0 Å². The first-order valence-corrected chi connectivity index (χ1v) is 6.55. The Hall–Kier alpha value is -2.12. The van der Waals surface area contributed by atoms with Crippen molar-refractivity contribution in [2.24, 2.45) is 0 Å². The van der Waals surface area contributed by atoms with Gasteiger partial charge in [-0.2, -0.15) is 18.3 Å². The maximum absolute atomic E-state index is 12.6. The van der Waals surface area contributed by atoms with Crippen LogP contribution in [0.25, 0.3) is 5.82 Å². The predicted molar refractivity (Wildman–Crippen MR) is 72.4 cm³/mol. The Balaban J connectivity index is 2.51. The fourth-order valence-corrected chi connectivity index (χ4v) is 1.94. The van der Waals surface area contributed by atoms with E-state index >= 15 is 0 Å². The summed E-state index contributed by atoms with van der Waals surface area (Å²) < 4.78 is 39.1. The van der Waals surface area contributed by atoms with Crippen molar-refractivity contribution >= 4 is 5.82 Å². The molecule has 21 heavy (non-hydrogen) atoms. The van der Waals surface area contributed by atoms with Crippen LogP contribution in [0.1, 0.15) is 30.4 Å². The molecule has 0 aliphatic heterocycles. The van der Waals surface area contributed by atoms with E-state index in [0.717, 1.165) is 17.2 Å². The second kappa shape index (κ2) is 5.71. The molecule has 0 aromatic carbocycles. The number of halogens is 3. The van der Waals surface area contributed by atoms with Gasteiger partial charge in [-0.05, 0) is 19.4 Å². The van der Waals surface area contributed by atoms with E-state index in [-0.39, 0.29) is 0 Å². The first kappa shape index (κ1) is 15.3. The minimum Gasteiger partial charge on any atom is -0.373 e. The minimum atomic E-state index is -4.47. The van der Waals surface area contributed by atoms with Crippen LogP contribution in [0.5, 0.6) is 0 Å².